The Bertz CT molecular complexity index is 378. The molecule has 0 amide bonds. The van der Waals surface area contributed by atoms with E-state index in [4.69, 9.17) is 10.5 Å². The zero-order valence-electron chi connectivity index (χ0n) is 12.4. The fourth-order valence-corrected chi connectivity index (χ4v) is 2.96. The molecule has 0 radical (unpaired) electrons. The summed E-state index contributed by atoms with van der Waals surface area (Å²) in [7, 11) is -3.01. The molecule has 0 aliphatic heterocycles. The maximum absolute atomic E-state index is 12.1. The van der Waals surface area contributed by atoms with Crippen LogP contribution < -0.4 is 5.73 Å². The van der Waals surface area contributed by atoms with Crippen LogP contribution in [0.1, 0.15) is 40.0 Å². The summed E-state index contributed by atoms with van der Waals surface area (Å²) in [6, 6.07) is 0. The molecule has 0 heterocycles. The van der Waals surface area contributed by atoms with Crippen LogP contribution >= 0.6 is 0 Å². The molecule has 0 bridgehead atoms. The molecular formula is C13H27NO4S. The normalized spacial score (nSPS) is 15.3. The van der Waals surface area contributed by atoms with Crippen molar-refractivity contribution in [3.8, 4) is 0 Å². The lowest BCUT2D eigenvalue weighted by Crippen LogP contribution is -2.41. The van der Waals surface area contributed by atoms with E-state index in [1.807, 2.05) is 13.8 Å². The van der Waals surface area contributed by atoms with E-state index >= 15 is 0 Å². The van der Waals surface area contributed by atoms with Crippen LogP contribution in [0.3, 0.4) is 0 Å². The molecule has 0 aromatic heterocycles. The highest BCUT2D eigenvalue weighted by molar-refractivity contribution is 7.90. The van der Waals surface area contributed by atoms with Crippen LogP contribution in [0.5, 0.6) is 0 Å². The van der Waals surface area contributed by atoms with E-state index < -0.39 is 15.3 Å². The lowest BCUT2D eigenvalue weighted by atomic mass is 9.76. The molecule has 1 atom stereocenters. The highest BCUT2D eigenvalue weighted by Gasteiger charge is 2.38. The first-order valence-electron chi connectivity index (χ1n) is 6.72. The highest BCUT2D eigenvalue weighted by atomic mass is 32.2. The van der Waals surface area contributed by atoms with Crippen molar-refractivity contribution in [3.05, 3.63) is 0 Å². The van der Waals surface area contributed by atoms with Gasteiger partial charge in [0.2, 0.25) is 0 Å². The molecule has 0 saturated carbocycles. The third-order valence-electron chi connectivity index (χ3n) is 3.07. The first kappa shape index (κ1) is 18.4. The molecule has 0 aromatic carbocycles. The number of hydrogen-bond donors (Lipinski definition) is 1. The predicted octanol–water partition coefficient (Wildman–Crippen LogP) is 1.37. The van der Waals surface area contributed by atoms with Crippen molar-refractivity contribution in [2.75, 3.05) is 25.2 Å². The van der Waals surface area contributed by atoms with Crippen molar-refractivity contribution in [3.63, 3.8) is 0 Å². The maximum atomic E-state index is 12.1. The number of carbonyl (C=O) groups excluding carboxylic acids is 1. The molecule has 0 aliphatic carbocycles. The van der Waals surface area contributed by atoms with Gasteiger partial charge in [0, 0.05) is 18.6 Å². The second kappa shape index (κ2) is 7.85. The van der Waals surface area contributed by atoms with E-state index in [0.29, 0.717) is 31.8 Å². The van der Waals surface area contributed by atoms with Crippen molar-refractivity contribution >= 4 is 15.8 Å². The second-order valence-corrected chi connectivity index (χ2v) is 7.80. The Balaban J connectivity index is 4.86. The van der Waals surface area contributed by atoms with Gasteiger partial charge >= 0.3 is 5.97 Å². The maximum Gasteiger partial charge on any atom is 0.313 e. The molecular weight excluding hydrogens is 266 g/mol. The minimum absolute atomic E-state index is 0.0756. The fraction of sp³-hybridized carbons (Fsp3) is 0.923. The van der Waals surface area contributed by atoms with Crippen LogP contribution in [0.4, 0.5) is 0 Å². The van der Waals surface area contributed by atoms with Crippen molar-refractivity contribution in [1.82, 2.24) is 0 Å². The van der Waals surface area contributed by atoms with Crippen molar-refractivity contribution in [1.29, 1.82) is 0 Å². The Kier molecular flexibility index (Phi) is 7.59. The first-order valence-corrected chi connectivity index (χ1v) is 8.78. The van der Waals surface area contributed by atoms with Crippen LogP contribution in [-0.2, 0) is 19.4 Å². The quantitative estimate of drug-likeness (QED) is 0.649. The van der Waals surface area contributed by atoms with Crippen LogP contribution in [-0.4, -0.2) is 39.5 Å². The second-order valence-electron chi connectivity index (χ2n) is 5.54. The van der Waals surface area contributed by atoms with E-state index in [9.17, 15) is 13.2 Å². The molecule has 0 spiro atoms. The zero-order valence-corrected chi connectivity index (χ0v) is 13.3. The molecule has 0 aliphatic rings. The lowest BCUT2D eigenvalue weighted by Gasteiger charge is -2.31. The number of ether oxygens (including phenoxy) is 1. The topological polar surface area (TPSA) is 86.5 Å². The number of sulfone groups is 1. The summed E-state index contributed by atoms with van der Waals surface area (Å²) in [6.45, 7) is 6.28. The third kappa shape index (κ3) is 6.92. The first-order chi connectivity index (χ1) is 8.67. The van der Waals surface area contributed by atoms with Gasteiger partial charge in [0.15, 0.2) is 0 Å². The van der Waals surface area contributed by atoms with E-state index in [1.165, 1.54) is 6.26 Å². The number of nitrogens with two attached hydrogens (primary N) is 1. The van der Waals surface area contributed by atoms with Crippen molar-refractivity contribution in [2.24, 2.45) is 17.1 Å². The van der Waals surface area contributed by atoms with Gasteiger partial charge in [0.25, 0.3) is 0 Å². The smallest absolute Gasteiger partial charge is 0.313 e. The summed E-state index contributed by atoms with van der Waals surface area (Å²) in [5.41, 5.74) is 5.03. The van der Waals surface area contributed by atoms with Gasteiger partial charge in [-0.1, -0.05) is 13.8 Å². The van der Waals surface area contributed by atoms with Gasteiger partial charge in [-0.15, -0.1) is 0 Å². The summed E-state index contributed by atoms with van der Waals surface area (Å²) in [5.74, 6) is 0.0672. The SMILES string of the molecule is CCOC(=O)C(CN)(CCCS(C)(=O)=O)CC(C)C. The zero-order chi connectivity index (χ0) is 15.1. The third-order valence-corrected chi connectivity index (χ3v) is 4.10. The van der Waals surface area contributed by atoms with Crippen molar-refractivity contribution < 1.29 is 17.9 Å². The standard InChI is InChI=1S/C13H27NO4S/c1-5-18-12(15)13(10-14,9-11(2)3)7-6-8-19(4,16)17/h11H,5-10,14H2,1-4H3. The minimum atomic E-state index is -3.01. The summed E-state index contributed by atoms with van der Waals surface area (Å²) < 4.78 is 27.5. The Morgan fingerprint density at radius 2 is 1.95 bits per heavy atom. The van der Waals surface area contributed by atoms with Gasteiger partial charge in [-0.25, -0.2) is 8.42 Å². The van der Waals surface area contributed by atoms with E-state index in [1.54, 1.807) is 6.92 Å². The number of hydrogen-bond acceptors (Lipinski definition) is 5. The molecule has 0 saturated heterocycles. The Hall–Kier alpha value is -0.620. The molecule has 0 aromatic rings. The average Bonchev–Trinajstić information content (AvgIpc) is 2.25. The van der Waals surface area contributed by atoms with Gasteiger partial charge in [-0.05, 0) is 32.1 Å². The van der Waals surface area contributed by atoms with E-state index in [-0.39, 0.29) is 18.3 Å². The Morgan fingerprint density at radius 3 is 2.32 bits per heavy atom. The minimum Gasteiger partial charge on any atom is -0.466 e. The average molecular weight is 293 g/mol. The molecule has 114 valence electrons. The van der Waals surface area contributed by atoms with Gasteiger partial charge in [-0.3, -0.25) is 4.79 Å². The molecule has 0 fully saturated rings. The van der Waals surface area contributed by atoms with Gasteiger partial charge in [-0.2, -0.15) is 0 Å². The fourth-order valence-electron chi connectivity index (χ4n) is 2.29. The monoisotopic (exact) mass is 293 g/mol. The van der Waals surface area contributed by atoms with Crippen LogP contribution in [0, 0.1) is 11.3 Å². The lowest BCUT2D eigenvalue weighted by molar-refractivity contribution is -0.156. The van der Waals surface area contributed by atoms with Crippen molar-refractivity contribution in [2.45, 2.75) is 40.0 Å². The highest BCUT2D eigenvalue weighted by Crippen LogP contribution is 2.32. The van der Waals surface area contributed by atoms with Gasteiger partial charge < -0.3 is 10.5 Å². The molecule has 0 rings (SSSR count). The molecule has 19 heavy (non-hydrogen) atoms. The molecule has 5 nitrogen and oxygen atoms in total. The summed E-state index contributed by atoms with van der Waals surface area (Å²) >= 11 is 0. The Labute approximate surface area is 116 Å². The predicted molar refractivity (Wildman–Crippen MR) is 76.5 cm³/mol. The number of carbonyl (C=O) groups is 1. The number of rotatable bonds is 9. The number of esters is 1. The Morgan fingerprint density at radius 1 is 1.37 bits per heavy atom. The summed E-state index contributed by atoms with van der Waals surface area (Å²) in [5, 5.41) is 0. The molecule has 6 heteroatoms. The van der Waals surface area contributed by atoms with Gasteiger partial charge in [0.1, 0.15) is 9.84 Å². The van der Waals surface area contributed by atoms with Crippen LogP contribution in [0.15, 0.2) is 0 Å². The van der Waals surface area contributed by atoms with Crippen LogP contribution in [0.2, 0.25) is 0 Å². The summed E-state index contributed by atoms with van der Waals surface area (Å²) in [4.78, 5) is 12.1. The molecule has 2 N–H and O–H groups in total. The molecule has 1 unspecified atom stereocenters. The summed E-state index contributed by atoms with van der Waals surface area (Å²) in [6.07, 6.45) is 2.70. The largest absolute Gasteiger partial charge is 0.466 e. The van der Waals surface area contributed by atoms with E-state index in [0.717, 1.165) is 0 Å². The van der Waals surface area contributed by atoms with Gasteiger partial charge in [0.05, 0.1) is 12.0 Å². The van der Waals surface area contributed by atoms with E-state index in [2.05, 4.69) is 0 Å². The van der Waals surface area contributed by atoms with Crippen LogP contribution in [0.25, 0.3) is 0 Å².